The summed E-state index contributed by atoms with van der Waals surface area (Å²) >= 11 is 7.58. The lowest BCUT2D eigenvalue weighted by atomic mass is 10.4. The number of nitrogen functional groups attached to an aromatic ring is 1. The van der Waals surface area contributed by atoms with E-state index in [1.54, 1.807) is 24.2 Å². The van der Waals surface area contributed by atoms with Gasteiger partial charge in [0.05, 0.1) is 21.8 Å². The molecule has 0 aromatic carbocycles. The SMILES string of the molecule is CCCSc1c(N)cncc1Cl. The van der Waals surface area contributed by atoms with E-state index in [0.717, 1.165) is 17.1 Å². The molecule has 2 nitrogen and oxygen atoms in total. The van der Waals surface area contributed by atoms with Crippen LogP contribution in [0.15, 0.2) is 17.3 Å². The number of nitrogens with two attached hydrogens (primary N) is 1. The predicted octanol–water partition coefficient (Wildman–Crippen LogP) is 2.82. The maximum absolute atomic E-state index is 5.90. The number of rotatable bonds is 3. The Bertz CT molecular complexity index is 245. The fraction of sp³-hybridized carbons (Fsp3) is 0.375. The van der Waals surface area contributed by atoms with Gasteiger partial charge in [-0.25, -0.2) is 0 Å². The second-order valence-corrected chi connectivity index (χ2v) is 3.90. The first-order valence-electron chi connectivity index (χ1n) is 3.77. The van der Waals surface area contributed by atoms with Crippen LogP contribution in [0.5, 0.6) is 0 Å². The Labute approximate surface area is 81.5 Å². The van der Waals surface area contributed by atoms with Gasteiger partial charge in [-0.2, -0.15) is 0 Å². The lowest BCUT2D eigenvalue weighted by Crippen LogP contribution is -1.91. The van der Waals surface area contributed by atoms with E-state index in [1.165, 1.54) is 0 Å². The van der Waals surface area contributed by atoms with Gasteiger partial charge in [-0.15, -0.1) is 11.8 Å². The fourth-order valence-electron chi connectivity index (χ4n) is 0.795. The molecular formula is C8H11ClN2S. The molecule has 0 radical (unpaired) electrons. The number of halogens is 1. The zero-order valence-corrected chi connectivity index (χ0v) is 8.45. The topological polar surface area (TPSA) is 38.9 Å². The second kappa shape index (κ2) is 4.58. The zero-order chi connectivity index (χ0) is 8.97. The smallest absolute Gasteiger partial charge is 0.0745 e. The standard InChI is InChI=1S/C8H11ClN2S/c1-2-3-12-8-6(9)4-11-5-7(8)10/h4-5H,2-3,10H2,1H3. The van der Waals surface area contributed by atoms with Crippen molar-refractivity contribution in [1.29, 1.82) is 0 Å². The number of anilines is 1. The van der Waals surface area contributed by atoms with Crippen LogP contribution in [0.25, 0.3) is 0 Å². The van der Waals surface area contributed by atoms with E-state index < -0.39 is 0 Å². The largest absolute Gasteiger partial charge is 0.397 e. The van der Waals surface area contributed by atoms with Crippen molar-refractivity contribution in [1.82, 2.24) is 4.98 Å². The van der Waals surface area contributed by atoms with Gasteiger partial charge in [0.15, 0.2) is 0 Å². The molecule has 0 spiro atoms. The Morgan fingerprint density at radius 1 is 1.58 bits per heavy atom. The van der Waals surface area contributed by atoms with Crippen LogP contribution in [0.3, 0.4) is 0 Å². The Morgan fingerprint density at radius 3 is 2.92 bits per heavy atom. The summed E-state index contributed by atoms with van der Waals surface area (Å²) in [6.07, 6.45) is 4.36. The summed E-state index contributed by atoms with van der Waals surface area (Å²) in [5.74, 6) is 1.04. The van der Waals surface area contributed by atoms with E-state index in [9.17, 15) is 0 Å². The quantitative estimate of drug-likeness (QED) is 0.767. The normalized spacial score (nSPS) is 10.2. The Balaban J connectivity index is 2.81. The molecule has 0 aliphatic rings. The molecule has 0 amide bonds. The van der Waals surface area contributed by atoms with E-state index >= 15 is 0 Å². The molecule has 0 bridgehead atoms. The molecule has 0 saturated heterocycles. The molecule has 1 aromatic rings. The van der Waals surface area contributed by atoms with Gasteiger partial charge in [-0.1, -0.05) is 18.5 Å². The van der Waals surface area contributed by atoms with Crippen molar-refractivity contribution in [3.8, 4) is 0 Å². The molecule has 1 aromatic heterocycles. The minimum absolute atomic E-state index is 0.647. The van der Waals surface area contributed by atoms with E-state index in [0.29, 0.717) is 10.7 Å². The molecular weight excluding hydrogens is 192 g/mol. The predicted molar refractivity (Wildman–Crippen MR) is 54.7 cm³/mol. The van der Waals surface area contributed by atoms with Crippen molar-refractivity contribution < 1.29 is 0 Å². The van der Waals surface area contributed by atoms with Gasteiger partial charge in [-0.3, -0.25) is 4.98 Å². The highest BCUT2D eigenvalue weighted by Gasteiger charge is 2.04. The number of hydrogen-bond donors (Lipinski definition) is 1. The van der Waals surface area contributed by atoms with Gasteiger partial charge < -0.3 is 5.73 Å². The summed E-state index contributed by atoms with van der Waals surface area (Å²) in [5, 5.41) is 0.647. The van der Waals surface area contributed by atoms with Gasteiger partial charge in [-0.05, 0) is 12.2 Å². The summed E-state index contributed by atoms with van der Waals surface area (Å²) < 4.78 is 0. The first kappa shape index (κ1) is 9.68. The maximum atomic E-state index is 5.90. The first-order chi connectivity index (χ1) is 5.75. The van der Waals surface area contributed by atoms with E-state index in [-0.39, 0.29) is 0 Å². The van der Waals surface area contributed by atoms with Crippen molar-refractivity contribution >= 4 is 29.1 Å². The molecule has 0 fully saturated rings. The van der Waals surface area contributed by atoms with Crippen molar-refractivity contribution in [2.75, 3.05) is 11.5 Å². The monoisotopic (exact) mass is 202 g/mol. The molecule has 0 unspecified atom stereocenters. The van der Waals surface area contributed by atoms with Crippen LogP contribution in [0.1, 0.15) is 13.3 Å². The third-order valence-electron chi connectivity index (χ3n) is 1.33. The van der Waals surface area contributed by atoms with Crippen LogP contribution in [0.2, 0.25) is 5.02 Å². The maximum Gasteiger partial charge on any atom is 0.0745 e. The van der Waals surface area contributed by atoms with E-state index in [1.807, 2.05) is 0 Å². The number of aromatic nitrogens is 1. The molecule has 0 aliphatic heterocycles. The molecule has 1 heterocycles. The van der Waals surface area contributed by atoms with Gasteiger partial charge in [0, 0.05) is 6.20 Å². The molecule has 0 saturated carbocycles. The van der Waals surface area contributed by atoms with Crippen molar-refractivity contribution in [3.05, 3.63) is 17.4 Å². The lowest BCUT2D eigenvalue weighted by Gasteiger charge is -2.04. The molecule has 12 heavy (non-hydrogen) atoms. The molecule has 2 N–H and O–H groups in total. The fourth-order valence-corrected chi connectivity index (χ4v) is 1.94. The van der Waals surface area contributed by atoms with Crippen molar-refractivity contribution in [2.24, 2.45) is 0 Å². The third-order valence-corrected chi connectivity index (χ3v) is 3.09. The van der Waals surface area contributed by atoms with Crippen LogP contribution in [-0.4, -0.2) is 10.7 Å². The average molecular weight is 203 g/mol. The van der Waals surface area contributed by atoms with Crippen LogP contribution < -0.4 is 5.73 Å². The highest BCUT2D eigenvalue weighted by Crippen LogP contribution is 2.31. The summed E-state index contributed by atoms with van der Waals surface area (Å²) in [6.45, 7) is 2.12. The molecule has 66 valence electrons. The highest BCUT2D eigenvalue weighted by molar-refractivity contribution is 7.99. The Hall–Kier alpha value is -0.410. The van der Waals surface area contributed by atoms with Crippen LogP contribution in [-0.2, 0) is 0 Å². The molecule has 0 atom stereocenters. The highest BCUT2D eigenvalue weighted by atomic mass is 35.5. The van der Waals surface area contributed by atoms with Gasteiger partial charge >= 0.3 is 0 Å². The third kappa shape index (κ3) is 2.29. The minimum Gasteiger partial charge on any atom is -0.397 e. The minimum atomic E-state index is 0.647. The molecule has 0 aliphatic carbocycles. The Morgan fingerprint density at radius 2 is 2.33 bits per heavy atom. The van der Waals surface area contributed by atoms with Crippen LogP contribution in [0.4, 0.5) is 5.69 Å². The molecule has 1 rings (SSSR count). The number of nitrogens with zero attached hydrogens (tertiary/aromatic N) is 1. The van der Waals surface area contributed by atoms with Crippen LogP contribution in [0, 0.1) is 0 Å². The van der Waals surface area contributed by atoms with E-state index in [4.69, 9.17) is 17.3 Å². The number of pyridine rings is 1. The average Bonchev–Trinajstić information content (AvgIpc) is 2.04. The first-order valence-corrected chi connectivity index (χ1v) is 5.13. The van der Waals surface area contributed by atoms with Gasteiger partial charge in [0.25, 0.3) is 0 Å². The summed E-state index contributed by atoms with van der Waals surface area (Å²) in [6, 6.07) is 0. The van der Waals surface area contributed by atoms with Gasteiger partial charge in [0.2, 0.25) is 0 Å². The summed E-state index contributed by atoms with van der Waals surface area (Å²) in [7, 11) is 0. The summed E-state index contributed by atoms with van der Waals surface area (Å²) in [5.41, 5.74) is 6.36. The van der Waals surface area contributed by atoms with E-state index in [2.05, 4.69) is 11.9 Å². The number of hydrogen-bond acceptors (Lipinski definition) is 3. The Kier molecular flexibility index (Phi) is 3.69. The molecule has 4 heteroatoms. The summed E-state index contributed by atoms with van der Waals surface area (Å²) in [4.78, 5) is 4.83. The van der Waals surface area contributed by atoms with Crippen LogP contribution >= 0.6 is 23.4 Å². The van der Waals surface area contributed by atoms with Crippen molar-refractivity contribution in [2.45, 2.75) is 18.2 Å². The van der Waals surface area contributed by atoms with Gasteiger partial charge in [0.1, 0.15) is 0 Å². The number of thioether (sulfide) groups is 1. The zero-order valence-electron chi connectivity index (χ0n) is 6.88. The van der Waals surface area contributed by atoms with Crippen molar-refractivity contribution in [3.63, 3.8) is 0 Å². The lowest BCUT2D eigenvalue weighted by molar-refractivity contribution is 1.10. The second-order valence-electron chi connectivity index (χ2n) is 2.39.